The summed E-state index contributed by atoms with van der Waals surface area (Å²) in [6, 6.07) is 0. The molecule has 0 radical (unpaired) electrons. The van der Waals surface area contributed by atoms with Gasteiger partial charge in [0, 0.05) is 12.8 Å². The lowest BCUT2D eigenvalue weighted by molar-refractivity contribution is -0.147. The second kappa shape index (κ2) is 6.49. The molecule has 0 amide bonds. The van der Waals surface area contributed by atoms with Gasteiger partial charge in [-0.2, -0.15) is 0 Å². The molecule has 3 nitrogen and oxygen atoms in total. The lowest BCUT2D eigenvalue weighted by atomic mass is 9.47. The zero-order chi connectivity index (χ0) is 18.5. The molecule has 0 heterocycles. The third kappa shape index (κ3) is 2.68. The highest BCUT2D eigenvalue weighted by Crippen LogP contribution is 2.66. The molecule has 4 aliphatic carbocycles. The van der Waals surface area contributed by atoms with Gasteiger partial charge in [-0.3, -0.25) is 9.59 Å². The molecule has 4 rings (SSSR count). The molecule has 0 aromatic heterocycles. The van der Waals surface area contributed by atoms with Crippen LogP contribution in [0.3, 0.4) is 0 Å². The fraction of sp³-hybridized carbons (Fsp3) is 0.826. The number of hydrogen-bond donors (Lipinski definition) is 0. The van der Waals surface area contributed by atoms with Crippen molar-refractivity contribution in [2.24, 2.45) is 34.5 Å². The summed E-state index contributed by atoms with van der Waals surface area (Å²) in [5.41, 5.74) is 2.03. The van der Waals surface area contributed by atoms with Crippen LogP contribution >= 0.6 is 0 Å². The first-order valence-corrected chi connectivity index (χ1v) is 10.8. The van der Waals surface area contributed by atoms with E-state index >= 15 is 0 Å². The Labute approximate surface area is 157 Å². The summed E-state index contributed by atoms with van der Waals surface area (Å²) >= 11 is 0. The predicted octanol–water partition coefficient (Wildman–Crippen LogP) is 5.09. The van der Waals surface area contributed by atoms with E-state index in [1.54, 1.807) is 0 Å². The number of hydrogen-bond acceptors (Lipinski definition) is 3. The molecule has 3 saturated carbocycles. The molecule has 0 saturated heterocycles. The summed E-state index contributed by atoms with van der Waals surface area (Å²) in [6.45, 7) is 7.41. The Hall–Kier alpha value is -1.12. The largest absolute Gasteiger partial charge is 0.465 e. The molecule has 0 aromatic rings. The molecule has 0 spiro atoms. The van der Waals surface area contributed by atoms with Crippen molar-refractivity contribution in [2.45, 2.75) is 78.6 Å². The Morgan fingerprint density at radius 3 is 2.69 bits per heavy atom. The molecular weight excluding hydrogens is 324 g/mol. The van der Waals surface area contributed by atoms with E-state index in [1.807, 2.05) is 13.0 Å². The fourth-order valence-corrected chi connectivity index (χ4v) is 7.24. The van der Waals surface area contributed by atoms with E-state index in [-0.39, 0.29) is 11.4 Å². The van der Waals surface area contributed by atoms with E-state index in [2.05, 4.69) is 13.8 Å². The highest BCUT2D eigenvalue weighted by atomic mass is 16.5. The van der Waals surface area contributed by atoms with E-state index < -0.39 is 0 Å². The second-order valence-electron chi connectivity index (χ2n) is 9.82. The number of ether oxygens (including phenoxy) is 1. The van der Waals surface area contributed by atoms with Crippen LogP contribution in [0, 0.1) is 34.5 Å². The van der Waals surface area contributed by atoms with Gasteiger partial charge in [0.05, 0.1) is 6.61 Å². The molecule has 4 aliphatic rings. The van der Waals surface area contributed by atoms with Gasteiger partial charge in [-0.25, -0.2) is 0 Å². The quantitative estimate of drug-likeness (QED) is 0.660. The Kier molecular flexibility index (Phi) is 4.56. The number of esters is 1. The van der Waals surface area contributed by atoms with Gasteiger partial charge in [0.2, 0.25) is 0 Å². The summed E-state index contributed by atoms with van der Waals surface area (Å²) in [5, 5.41) is 0. The third-order valence-corrected chi connectivity index (χ3v) is 8.89. The maximum absolute atomic E-state index is 11.9. The van der Waals surface area contributed by atoms with Gasteiger partial charge in [-0.15, -0.1) is 0 Å². The summed E-state index contributed by atoms with van der Waals surface area (Å²) in [6.07, 6.45) is 11.7. The maximum Gasteiger partial charge on any atom is 0.305 e. The first-order chi connectivity index (χ1) is 12.4. The highest BCUT2D eigenvalue weighted by molar-refractivity contribution is 5.91. The molecule has 3 fully saturated rings. The topological polar surface area (TPSA) is 43.4 Å². The number of fused-ring (bicyclic) bond motifs is 5. The van der Waals surface area contributed by atoms with Crippen molar-refractivity contribution < 1.29 is 14.3 Å². The Bertz CT molecular complexity index is 635. The van der Waals surface area contributed by atoms with Gasteiger partial charge >= 0.3 is 5.97 Å². The average Bonchev–Trinajstić information content (AvgIpc) is 2.96. The number of carbonyl (C=O) groups is 2. The van der Waals surface area contributed by atoms with Crippen molar-refractivity contribution in [3.05, 3.63) is 11.6 Å². The van der Waals surface area contributed by atoms with Crippen LogP contribution in [0.4, 0.5) is 0 Å². The predicted molar refractivity (Wildman–Crippen MR) is 101 cm³/mol. The van der Waals surface area contributed by atoms with Gasteiger partial charge in [-0.05, 0) is 85.5 Å². The Balaban J connectivity index is 1.54. The first kappa shape index (κ1) is 18.3. The number of rotatable bonds is 3. The van der Waals surface area contributed by atoms with Gasteiger partial charge in [0.25, 0.3) is 0 Å². The molecular formula is C23H34O3. The zero-order valence-electron chi connectivity index (χ0n) is 16.7. The van der Waals surface area contributed by atoms with E-state index in [4.69, 9.17) is 4.74 Å². The monoisotopic (exact) mass is 358 g/mol. The molecule has 0 aliphatic heterocycles. The summed E-state index contributed by atoms with van der Waals surface area (Å²) in [5.74, 6) is 3.11. The van der Waals surface area contributed by atoms with Crippen molar-refractivity contribution in [2.75, 3.05) is 6.61 Å². The number of ketones is 1. The lowest BCUT2D eigenvalue weighted by Crippen LogP contribution is -2.50. The minimum atomic E-state index is -0.0578. The first-order valence-electron chi connectivity index (χ1n) is 10.8. The summed E-state index contributed by atoms with van der Waals surface area (Å²) in [4.78, 5) is 23.6. The normalized spacial score (nSPS) is 44.6. The lowest BCUT2D eigenvalue weighted by Gasteiger charge is -2.58. The minimum Gasteiger partial charge on any atom is -0.465 e. The van der Waals surface area contributed by atoms with Gasteiger partial charge in [-0.1, -0.05) is 26.3 Å². The zero-order valence-corrected chi connectivity index (χ0v) is 16.7. The van der Waals surface area contributed by atoms with E-state index in [9.17, 15) is 9.59 Å². The molecule has 6 unspecified atom stereocenters. The van der Waals surface area contributed by atoms with Crippen molar-refractivity contribution in [1.29, 1.82) is 0 Å². The highest BCUT2D eigenvalue weighted by Gasteiger charge is 2.58. The third-order valence-electron chi connectivity index (χ3n) is 8.89. The molecule has 0 aromatic carbocycles. The summed E-state index contributed by atoms with van der Waals surface area (Å²) in [7, 11) is 0. The SMILES string of the molecule is CCC(=O)OCC1CCC2C3CCC4=CC(=O)CCC4(C)C3CCC12C. The van der Waals surface area contributed by atoms with Crippen molar-refractivity contribution in [3.63, 3.8) is 0 Å². The maximum atomic E-state index is 11.9. The van der Waals surface area contributed by atoms with Crippen LogP contribution in [0.5, 0.6) is 0 Å². The van der Waals surface area contributed by atoms with Crippen LogP contribution in [0.25, 0.3) is 0 Å². The van der Waals surface area contributed by atoms with Crippen LogP contribution in [0.1, 0.15) is 78.6 Å². The van der Waals surface area contributed by atoms with Gasteiger partial charge < -0.3 is 4.74 Å². The van der Waals surface area contributed by atoms with E-state index in [0.717, 1.165) is 37.0 Å². The van der Waals surface area contributed by atoms with Crippen LogP contribution in [0.2, 0.25) is 0 Å². The van der Waals surface area contributed by atoms with E-state index in [0.29, 0.717) is 30.1 Å². The van der Waals surface area contributed by atoms with Gasteiger partial charge in [0.15, 0.2) is 5.78 Å². The molecule has 0 N–H and O–H groups in total. The molecule has 3 heteroatoms. The molecule has 6 atom stereocenters. The fourth-order valence-electron chi connectivity index (χ4n) is 7.24. The van der Waals surface area contributed by atoms with Crippen LogP contribution in [0.15, 0.2) is 11.6 Å². The van der Waals surface area contributed by atoms with Crippen LogP contribution < -0.4 is 0 Å². The molecule has 0 bridgehead atoms. The average molecular weight is 359 g/mol. The molecule has 144 valence electrons. The van der Waals surface area contributed by atoms with Gasteiger partial charge in [0.1, 0.15) is 0 Å². The Morgan fingerprint density at radius 1 is 1.12 bits per heavy atom. The Morgan fingerprint density at radius 2 is 1.92 bits per heavy atom. The summed E-state index contributed by atoms with van der Waals surface area (Å²) < 4.78 is 5.56. The van der Waals surface area contributed by atoms with Crippen molar-refractivity contribution >= 4 is 11.8 Å². The second-order valence-corrected chi connectivity index (χ2v) is 9.82. The smallest absolute Gasteiger partial charge is 0.305 e. The number of allylic oxidation sites excluding steroid dienone is 1. The van der Waals surface area contributed by atoms with Crippen LogP contribution in [-0.2, 0) is 14.3 Å². The van der Waals surface area contributed by atoms with Crippen molar-refractivity contribution in [1.82, 2.24) is 0 Å². The standard InChI is InChI=1S/C23H34O3/c1-4-21(25)26-14-16-6-8-19-18-7-5-15-13-17(24)9-11-22(15,2)20(18)10-12-23(16,19)3/h13,16,18-20H,4-12,14H2,1-3H3. The van der Waals surface area contributed by atoms with Crippen molar-refractivity contribution in [3.8, 4) is 0 Å². The van der Waals surface area contributed by atoms with E-state index in [1.165, 1.54) is 37.7 Å². The minimum absolute atomic E-state index is 0.0578. The number of carbonyl (C=O) groups excluding carboxylic acids is 2. The van der Waals surface area contributed by atoms with Crippen LogP contribution in [-0.4, -0.2) is 18.4 Å². The molecule has 26 heavy (non-hydrogen) atoms.